The first-order valence-electron chi connectivity index (χ1n) is 6.05. The van der Waals surface area contributed by atoms with Gasteiger partial charge in [-0.2, -0.15) is 0 Å². The Morgan fingerprint density at radius 3 is 2.29 bits per heavy atom. The Kier molecular flexibility index (Phi) is 6.34. The maximum absolute atomic E-state index is 5.81. The van der Waals surface area contributed by atoms with E-state index in [2.05, 4.69) is 19.3 Å². The number of rotatable bonds is 7. The molecule has 0 amide bonds. The van der Waals surface area contributed by atoms with Gasteiger partial charge in [-0.15, -0.1) is 0 Å². The number of halogens is 1. The van der Waals surface area contributed by atoms with Crippen LogP contribution in [0.4, 0.5) is 0 Å². The lowest BCUT2D eigenvalue weighted by Crippen LogP contribution is -2.44. The van der Waals surface area contributed by atoms with Crippen LogP contribution < -0.4 is 16.0 Å². The summed E-state index contributed by atoms with van der Waals surface area (Å²) in [5.41, 5.74) is 2.83. The molecule has 0 fully saturated rings. The molecule has 0 saturated carbocycles. The predicted octanol–water partition coefficient (Wildman–Crippen LogP) is 2.99. The molecule has 96 valence electrons. The van der Waals surface area contributed by atoms with E-state index >= 15 is 0 Å². The van der Waals surface area contributed by atoms with Crippen LogP contribution >= 0.6 is 11.6 Å². The number of hydrogen-bond donors (Lipinski definition) is 2. The third kappa shape index (κ3) is 4.54. The van der Waals surface area contributed by atoms with Crippen molar-refractivity contribution >= 4 is 11.6 Å². The van der Waals surface area contributed by atoms with Gasteiger partial charge in [-0.05, 0) is 30.2 Å². The number of hydrogen-bond acceptors (Lipinski definition) is 3. The van der Waals surface area contributed by atoms with E-state index in [1.54, 1.807) is 0 Å². The monoisotopic (exact) mass is 256 g/mol. The molecule has 0 aromatic heterocycles. The number of benzene rings is 1. The quantitative estimate of drug-likeness (QED) is 0.582. The van der Waals surface area contributed by atoms with Gasteiger partial charge >= 0.3 is 0 Å². The van der Waals surface area contributed by atoms with Gasteiger partial charge in [-0.3, -0.25) is 11.3 Å². The Hall–Kier alpha value is -0.770. The lowest BCUT2D eigenvalue weighted by atomic mass is 9.95. The summed E-state index contributed by atoms with van der Waals surface area (Å²) in [7, 11) is 0. The topological polar surface area (TPSA) is 47.3 Å². The highest BCUT2D eigenvalue weighted by Gasteiger charge is 2.17. The first-order valence-corrected chi connectivity index (χ1v) is 6.43. The predicted molar refractivity (Wildman–Crippen MR) is 72.1 cm³/mol. The summed E-state index contributed by atoms with van der Waals surface area (Å²) in [6, 6.07) is 7.55. The molecule has 17 heavy (non-hydrogen) atoms. The van der Waals surface area contributed by atoms with Gasteiger partial charge in [-0.1, -0.05) is 38.3 Å². The van der Waals surface area contributed by atoms with E-state index in [0.29, 0.717) is 17.5 Å². The van der Waals surface area contributed by atoms with Crippen molar-refractivity contribution in [1.29, 1.82) is 0 Å². The second-order valence-electron chi connectivity index (χ2n) is 4.11. The molecule has 0 saturated heterocycles. The maximum Gasteiger partial charge on any atom is 0.119 e. The minimum Gasteiger partial charge on any atom is -0.492 e. The lowest BCUT2D eigenvalue weighted by molar-refractivity contribution is 0.210. The van der Waals surface area contributed by atoms with E-state index < -0.39 is 0 Å². The fourth-order valence-electron chi connectivity index (χ4n) is 1.89. The van der Waals surface area contributed by atoms with Crippen molar-refractivity contribution in [3.05, 3.63) is 29.3 Å². The Morgan fingerprint density at radius 2 is 1.82 bits per heavy atom. The van der Waals surface area contributed by atoms with Crippen LogP contribution in [0.25, 0.3) is 0 Å². The number of ether oxygens (including phenoxy) is 1. The molecule has 0 heterocycles. The standard InChI is InChI=1S/C13H21ClN2O/c1-3-10(4-2)13(16-15)9-17-12-7-5-11(14)6-8-12/h5-8,10,13,16H,3-4,9,15H2,1-2H3. The van der Waals surface area contributed by atoms with Gasteiger partial charge in [0, 0.05) is 5.02 Å². The van der Waals surface area contributed by atoms with Gasteiger partial charge in [0.2, 0.25) is 0 Å². The molecule has 4 heteroatoms. The van der Waals surface area contributed by atoms with E-state index in [4.69, 9.17) is 22.2 Å². The molecule has 0 radical (unpaired) electrons. The highest BCUT2D eigenvalue weighted by molar-refractivity contribution is 6.30. The molecule has 0 aliphatic carbocycles. The summed E-state index contributed by atoms with van der Waals surface area (Å²) < 4.78 is 5.70. The minimum atomic E-state index is 0.181. The van der Waals surface area contributed by atoms with E-state index in [0.717, 1.165) is 18.6 Å². The molecule has 1 aromatic carbocycles. The van der Waals surface area contributed by atoms with Gasteiger partial charge in [0.25, 0.3) is 0 Å². The van der Waals surface area contributed by atoms with Crippen molar-refractivity contribution in [2.75, 3.05) is 6.61 Å². The molecule has 0 aliphatic heterocycles. The maximum atomic E-state index is 5.81. The molecular weight excluding hydrogens is 236 g/mol. The van der Waals surface area contributed by atoms with Crippen LogP contribution in [0.1, 0.15) is 26.7 Å². The van der Waals surface area contributed by atoms with E-state index in [1.165, 1.54) is 0 Å². The normalized spacial score (nSPS) is 12.8. The second-order valence-corrected chi connectivity index (χ2v) is 4.55. The third-order valence-electron chi connectivity index (χ3n) is 3.08. The van der Waals surface area contributed by atoms with Gasteiger partial charge in [0.05, 0.1) is 6.04 Å². The average Bonchev–Trinajstić information content (AvgIpc) is 2.36. The summed E-state index contributed by atoms with van der Waals surface area (Å²) in [6.07, 6.45) is 2.19. The van der Waals surface area contributed by atoms with Gasteiger partial charge in [-0.25, -0.2) is 0 Å². The summed E-state index contributed by atoms with van der Waals surface area (Å²) >= 11 is 5.81. The Balaban J connectivity index is 2.49. The zero-order chi connectivity index (χ0) is 12.7. The summed E-state index contributed by atoms with van der Waals surface area (Å²) in [4.78, 5) is 0. The lowest BCUT2D eigenvalue weighted by Gasteiger charge is -2.24. The average molecular weight is 257 g/mol. The molecule has 0 spiro atoms. The van der Waals surface area contributed by atoms with Gasteiger partial charge in [0.1, 0.15) is 12.4 Å². The van der Waals surface area contributed by atoms with Crippen LogP contribution in [0.5, 0.6) is 5.75 Å². The molecule has 3 N–H and O–H groups in total. The van der Waals surface area contributed by atoms with Crippen molar-refractivity contribution in [3.63, 3.8) is 0 Å². The summed E-state index contributed by atoms with van der Waals surface area (Å²) in [5.74, 6) is 6.92. The third-order valence-corrected chi connectivity index (χ3v) is 3.33. The number of hydrazine groups is 1. The highest BCUT2D eigenvalue weighted by Crippen LogP contribution is 2.18. The molecule has 0 aliphatic rings. The van der Waals surface area contributed by atoms with Crippen molar-refractivity contribution in [2.24, 2.45) is 11.8 Å². The molecular formula is C13H21ClN2O. The molecule has 1 rings (SSSR count). The van der Waals surface area contributed by atoms with E-state index in [9.17, 15) is 0 Å². The number of nitrogens with one attached hydrogen (secondary N) is 1. The largest absolute Gasteiger partial charge is 0.492 e. The minimum absolute atomic E-state index is 0.181. The van der Waals surface area contributed by atoms with Crippen molar-refractivity contribution < 1.29 is 4.74 Å². The number of nitrogens with two attached hydrogens (primary N) is 1. The smallest absolute Gasteiger partial charge is 0.119 e. The van der Waals surface area contributed by atoms with Crippen LogP contribution in [0.3, 0.4) is 0 Å². The molecule has 1 aromatic rings. The van der Waals surface area contributed by atoms with E-state index in [1.807, 2.05) is 24.3 Å². The van der Waals surface area contributed by atoms with Crippen LogP contribution in [0.2, 0.25) is 5.02 Å². The zero-order valence-corrected chi connectivity index (χ0v) is 11.2. The summed E-state index contributed by atoms with van der Waals surface area (Å²) in [6.45, 7) is 4.91. The van der Waals surface area contributed by atoms with Crippen molar-refractivity contribution in [1.82, 2.24) is 5.43 Å². The van der Waals surface area contributed by atoms with Gasteiger partial charge < -0.3 is 4.74 Å². The Labute approximate surface area is 108 Å². The first kappa shape index (κ1) is 14.3. The van der Waals surface area contributed by atoms with E-state index in [-0.39, 0.29) is 6.04 Å². The fourth-order valence-corrected chi connectivity index (χ4v) is 2.02. The van der Waals surface area contributed by atoms with Crippen molar-refractivity contribution in [2.45, 2.75) is 32.7 Å². The molecule has 1 atom stereocenters. The molecule has 3 nitrogen and oxygen atoms in total. The van der Waals surface area contributed by atoms with Crippen LogP contribution in [-0.2, 0) is 0 Å². The fraction of sp³-hybridized carbons (Fsp3) is 0.538. The van der Waals surface area contributed by atoms with Crippen LogP contribution in [-0.4, -0.2) is 12.6 Å². The zero-order valence-electron chi connectivity index (χ0n) is 10.4. The second kappa shape index (κ2) is 7.54. The van der Waals surface area contributed by atoms with Crippen LogP contribution in [0.15, 0.2) is 24.3 Å². The SMILES string of the molecule is CCC(CC)C(COc1ccc(Cl)cc1)NN. The molecule has 1 unspecified atom stereocenters. The van der Waals surface area contributed by atoms with Gasteiger partial charge in [0.15, 0.2) is 0 Å². The van der Waals surface area contributed by atoms with Crippen molar-refractivity contribution in [3.8, 4) is 5.75 Å². The van der Waals surface area contributed by atoms with Crippen LogP contribution in [0, 0.1) is 5.92 Å². The highest BCUT2D eigenvalue weighted by atomic mass is 35.5. The Morgan fingerprint density at radius 1 is 1.24 bits per heavy atom. The Bertz CT molecular complexity index is 312. The molecule has 0 bridgehead atoms. The first-order chi connectivity index (χ1) is 8.21. The summed E-state index contributed by atoms with van der Waals surface area (Å²) in [5, 5.41) is 0.714.